The maximum Gasteiger partial charge on any atom is 0.224 e. The Morgan fingerprint density at radius 1 is 1.03 bits per heavy atom. The molecular weight excluding hydrogens is 440 g/mol. The van der Waals surface area contributed by atoms with Gasteiger partial charge in [-0.1, -0.05) is 6.92 Å². The molecule has 35 heavy (non-hydrogen) atoms. The topological polar surface area (TPSA) is 115 Å². The third-order valence-corrected chi connectivity index (χ3v) is 6.52. The highest BCUT2D eigenvalue weighted by molar-refractivity contribution is 5.99. The van der Waals surface area contributed by atoms with Gasteiger partial charge in [-0.25, -0.2) is 4.98 Å². The highest BCUT2D eigenvalue weighted by atomic mass is 16.1. The number of aromatic amines is 2. The van der Waals surface area contributed by atoms with Crippen LogP contribution in [-0.2, 0) is 4.79 Å². The van der Waals surface area contributed by atoms with Crippen molar-refractivity contribution >= 4 is 39.2 Å². The van der Waals surface area contributed by atoms with E-state index in [9.17, 15) is 4.79 Å². The number of pyridine rings is 3. The van der Waals surface area contributed by atoms with Gasteiger partial charge >= 0.3 is 0 Å². The summed E-state index contributed by atoms with van der Waals surface area (Å²) in [5.74, 6) is 0.977. The summed E-state index contributed by atoms with van der Waals surface area (Å²) >= 11 is 0. The third kappa shape index (κ3) is 3.99. The minimum atomic E-state index is -0.0540. The number of amides is 1. The van der Waals surface area contributed by atoms with Gasteiger partial charge in [0.15, 0.2) is 0 Å². The fourth-order valence-corrected chi connectivity index (χ4v) is 4.70. The summed E-state index contributed by atoms with van der Waals surface area (Å²) in [7, 11) is 0. The molecule has 5 aromatic heterocycles. The largest absolute Gasteiger partial charge is 0.356 e. The van der Waals surface area contributed by atoms with Crippen molar-refractivity contribution < 1.29 is 4.79 Å². The average Bonchev–Trinajstić information content (AvgIpc) is 3.53. The molecule has 0 bridgehead atoms. The summed E-state index contributed by atoms with van der Waals surface area (Å²) in [6.45, 7) is 3.90. The van der Waals surface area contributed by atoms with Gasteiger partial charge in [0.05, 0.1) is 40.5 Å². The molecule has 9 nitrogen and oxygen atoms in total. The monoisotopic (exact) mass is 466 g/mol. The number of nitrogens with one attached hydrogen (secondary N) is 3. The molecule has 1 fully saturated rings. The van der Waals surface area contributed by atoms with E-state index in [0.29, 0.717) is 12.1 Å². The van der Waals surface area contributed by atoms with Gasteiger partial charge in [-0.2, -0.15) is 5.10 Å². The fraction of sp³-hybridized carbons (Fsp3) is 0.269. The zero-order chi connectivity index (χ0) is 23.8. The molecule has 1 aliphatic heterocycles. The minimum Gasteiger partial charge on any atom is -0.356 e. The Balaban J connectivity index is 1.39. The van der Waals surface area contributed by atoms with Gasteiger partial charge in [-0.15, -0.1) is 0 Å². The predicted molar refractivity (Wildman–Crippen MR) is 137 cm³/mol. The summed E-state index contributed by atoms with van der Waals surface area (Å²) in [5.41, 5.74) is 5.87. The van der Waals surface area contributed by atoms with Crippen LogP contribution in [0.15, 0.2) is 49.1 Å². The molecule has 176 valence electrons. The van der Waals surface area contributed by atoms with E-state index in [1.54, 1.807) is 18.6 Å². The number of hydrogen-bond acceptors (Lipinski definition) is 6. The van der Waals surface area contributed by atoms with Gasteiger partial charge in [0.1, 0.15) is 11.5 Å². The van der Waals surface area contributed by atoms with E-state index in [-0.39, 0.29) is 5.91 Å². The van der Waals surface area contributed by atoms with Crippen LogP contribution < -0.4 is 10.2 Å². The molecular formula is C26H26N8O. The minimum absolute atomic E-state index is 0.0540. The second-order valence-electron chi connectivity index (χ2n) is 8.88. The predicted octanol–water partition coefficient (Wildman–Crippen LogP) is 4.90. The van der Waals surface area contributed by atoms with E-state index < -0.39 is 0 Å². The zero-order valence-electron chi connectivity index (χ0n) is 19.5. The number of carbonyl (C=O) groups excluding carboxylic acids is 1. The normalized spacial score (nSPS) is 14.0. The highest BCUT2D eigenvalue weighted by Gasteiger charge is 2.18. The molecule has 0 saturated carbocycles. The van der Waals surface area contributed by atoms with Gasteiger partial charge in [0.2, 0.25) is 5.91 Å². The molecule has 0 aliphatic carbocycles. The van der Waals surface area contributed by atoms with Gasteiger partial charge in [0, 0.05) is 48.2 Å². The average molecular weight is 467 g/mol. The molecule has 0 radical (unpaired) electrons. The summed E-state index contributed by atoms with van der Waals surface area (Å²) in [6.07, 6.45) is 11.1. The molecule has 6 rings (SSSR count). The molecule has 0 unspecified atom stereocenters. The molecule has 1 aliphatic rings. The van der Waals surface area contributed by atoms with Gasteiger partial charge in [0.25, 0.3) is 0 Å². The van der Waals surface area contributed by atoms with E-state index in [0.717, 1.165) is 63.4 Å². The summed E-state index contributed by atoms with van der Waals surface area (Å²) in [4.78, 5) is 31.3. The Bertz CT molecular complexity index is 1530. The first-order valence-corrected chi connectivity index (χ1v) is 12.0. The standard InChI is InChI=1S/C26H26N8O/c1-2-24(35)30-17-10-16(13-27-14-17)21-11-18-23(15-29-21)32-33-25(18)22-12-19-20(31-22)6-7-28-26(19)34-8-4-3-5-9-34/h6-7,10-15,31H,2-5,8-9H2,1H3,(H,30,35)(H,32,33). The first-order valence-electron chi connectivity index (χ1n) is 12.0. The lowest BCUT2D eigenvalue weighted by Gasteiger charge is -2.28. The maximum absolute atomic E-state index is 11.8. The van der Waals surface area contributed by atoms with E-state index in [2.05, 4.69) is 41.4 Å². The van der Waals surface area contributed by atoms with Crippen LogP contribution in [-0.4, -0.2) is 49.1 Å². The lowest BCUT2D eigenvalue weighted by Crippen LogP contribution is -2.30. The van der Waals surface area contributed by atoms with Crippen molar-refractivity contribution in [1.82, 2.24) is 30.1 Å². The first-order chi connectivity index (χ1) is 17.2. The summed E-state index contributed by atoms with van der Waals surface area (Å²) < 4.78 is 0. The lowest BCUT2D eigenvalue weighted by atomic mass is 10.1. The van der Waals surface area contributed by atoms with Crippen molar-refractivity contribution in [1.29, 1.82) is 0 Å². The number of carbonyl (C=O) groups is 1. The summed E-state index contributed by atoms with van der Waals surface area (Å²) in [5, 5.41) is 12.6. The van der Waals surface area contributed by atoms with Crippen molar-refractivity contribution in [3.8, 4) is 22.6 Å². The van der Waals surface area contributed by atoms with Crippen molar-refractivity contribution in [3.63, 3.8) is 0 Å². The van der Waals surface area contributed by atoms with Gasteiger partial charge < -0.3 is 15.2 Å². The van der Waals surface area contributed by atoms with Crippen molar-refractivity contribution in [3.05, 3.63) is 49.1 Å². The number of piperidine rings is 1. The van der Waals surface area contributed by atoms with Gasteiger partial charge in [-0.3, -0.25) is 19.9 Å². The van der Waals surface area contributed by atoms with E-state index >= 15 is 0 Å². The molecule has 6 heterocycles. The zero-order valence-corrected chi connectivity index (χ0v) is 19.5. The number of aromatic nitrogens is 6. The van der Waals surface area contributed by atoms with Crippen molar-refractivity contribution in [2.24, 2.45) is 0 Å². The maximum atomic E-state index is 11.8. The van der Waals surface area contributed by atoms with E-state index in [1.165, 1.54) is 19.3 Å². The molecule has 3 N–H and O–H groups in total. The number of fused-ring (bicyclic) bond motifs is 2. The van der Waals surface area contributed by atoms with Crippen LogP contribution in [0.25, 0.3) is 44.5 Å². The van der Waals surface area contributed by atoms with Crippen LogP contribution in [0.3, 0.4) is 0 Å². The Morgan fingerprint density at radius 2 is 1.91 bits per heavy atom. The second-order valence-corrected chi connectivity index (χ2v) is 8.88. The third-order valence-electron chi connectivity index (χ3n) is 6.52. The number of H-pyrrole nitrogens is 2. The molecule has 9 heteroatoms. The highest BCUT2D eigenvalue weighted by Crippen LogP contribution is 2.34. The Kier molecular flexibility index (Phi) is 5.36. The molecule has 1 saturated heterocycles. The SMILES string of the molecule is CCC(=O)Nc1cncc(-c2cc3c(-c4cc5c(N6CCCCC6)nccc5[nH]4)n[nH]c3cn2)c1. The number of hydrogen-bond donors (Lipinski definition) is 3. The van der Waals surface area contributed by atoms with Crippen LogP contribution in [0.5, 0.6) is 0 Å². The van der Waals surface area contributed by atoms with Crippen molar-refractivity contribution in [2.45, 2.75) is 32.6 Å². The number of anilines is 2. The van der Waals surface area contributed by atoms with E-state index in [1.807, 2.05) is 31.3 Å². The molecule has 1 amide bonds. The smallest absolute Gasteiger partial charge is 0.224 e. The van der Waals surface area contributed by atoms with Gasteiger partial charge in [-0.05, 0) is 43.5 Å². The fourth-order valence-electron chi connectivity index (χ4n) is 4.70. The van der Waals surface area contributed by atoms with Crippen LogP contribution in [0.1, 0.15) is 32.6 Å². The second kappa shape index (κ2) is 8.83. The van der Waals surface area contributed by atoms with Crippen LogP contribution in [0.4, 0.5) is 11.5 Å². The first kappa shape index (κ1) is 21.3. The molecule has 0 atom stereocenters. The number of nitrogens with zero attached hydrogens (tertiary/aromatic N) is 5. The Hall–Kier alpha value is -4.27. The number of rotatable bonds is 5. The van der Waals surface area contributed by atoms with Crippen LogP contribution >= 0.6 is 0 Å². The lowest BCUT2D eigenvalue weighted by molar-refractivity contribution is -0.115. The molecule has 0 spiro atoms. The molecule has 0 aromatic carbocycles. The van der Waals surface area contributed by atoms with E-state index in [4.69, 9.17) is 4.98 Å². The summed E-state index contributed by atoms with van der Waals surface area (Å²) in [6, 6.07) is 8.04. The quantitative estimate of drug-likeness (QED) is 0.339. The van der Waals surface area contributed by atoms with Crippen LogP contribution in [0, 0.1) is 0 Å². The Labute approximate surface area is 202 Å². The van der Waals surface area contributed by atoms with Crippen molar-refractivity contribution in [2.75, 3.05) is 23.3 Å². The Morgan fingerprint density at radius 3 is 2.77 bits per heavy atom. The molecule has 5 aromatic rings. The van der Waals surface area contributed by atoms with Crippen LogP contribution in [0.2, 0.25) is 0 Å².